The quantitative estimate of drug-likeness (QED) is 0.660. The number of nitrogens with zero attached hydrogens (tertiary/aromatic N) is 2. The van der Waals surface area contributed by atoms with E-state index in [-0.39, 0.29) is 19.1 Å². The molecular weight excluding hydrogens is 402 g/mol. The van der Waals surface area contributed by atoms with Crippen molar-refractivity contribution in [1.82, 2.24) is 9.62 Å². The predicted octanol–water partition coefficient (Wildman–Crippen LogP) is 2.37. The average molecular weight is 432 g/mol. The number of sulfonamides is 1. The van der Waals surface area contributed by atoms with Crippen LogP contribution in [0.15, 0.2) is 48.5 Å². The minimum Gasteiger partial charge on any atom is -0.484 e. The summed E-state index contributed by atoms with van der Waals surface area (Å²) in [5.74, 6) is 0.366. The molecule has 7 nitrogen and oxygen atoms in total. The first kappa shape index (κ1) is 22.1. The van der Waals surface area contributed by atoms with Gasteiger partial charge in [-0.25, -0.2) is 12.7 Å². The maximum atomic E-state index is 12.1. The van der Waals surface area contributed by atoms with Crippen molar-refractivity contribution in [2.24, 2.45) is 0 Å². The number of anilines is 1. The molecule has 2 aromatic rings. The van der Waals surface area contributed by atoms with Crippen LogP contribution in [0.25, 0.3) is 0 Å². The molecule has 162 valence electrons. The van der Waals surface area contributed by atoms with Crippen LogP contribution < -0.4 is 15.0 Å². The summed E-state index contributed by atoms with van der Waals surface area (Å²) in [4.78, 5) is 14.4. The third-order valence-electron chi connectivity index (χ3n) is 5.16. The lowest BCUT2D eigenvalue weighted by atomic mass is 10.2. The van der Waals surface area contributed by atoms with Gasteiger partial charge in [0.1, 0.15) is 5.75 Å². The monoisotopic (exact) mass is 431 g/mol. The lowest BCUT2D eigenvalue weighted by Crippen LogP contribution is -2.28. The molecule has 8 heteroatoms. The van der Waals surface area contributed by atoms with Crippen molar-refractivity contribution in [3.8, 4) is 5.75 Å². The number of amides is 1. The van der Waals surface area contributed by atoms with E-state index in [2.05, 4.69) is 22.3 Å². The molecule has 0 bridgehead atoms. The van der Waals surface area contributed by atoms with Crippen LogP contribution in [0, 0.1) is 0 Å². The minimum atomic E-state index is -3.22. The first-order chi connectivity index (χ1) is 14.3. The van der Waals surface area contributed by atoms with Crippen molar-refractivity contribution in [1.29, 1.82) is 0 Å². The van der Waals surface area contributed by atoms with Crippen LogP contribution >= 0.6 is 0 Å². The van der Waals surface area contributed by atoms with E-state index in [1.807, 2.05) is 12.1 Å². The molecule has 0 radical (unpaired) electrons. The van der Waals surface area contributed by atoms with E-state index < -0.39 is 10.0 Å². The maximum Gasteiger partial charge on any atom is 0.258 e. The van der Waals surface area contributed by atoms with Gasteiger partial charge >= 0.3 is 0 Å². The molecule has 1 aliphatic heterocycles. The fourth-order valence-corrected chi connectivity index (χ4v) is 3.65. The van der Waals surface area contributed by atoms with E-state index in [0.29, 0.717) is 12.3 Å². The zero-order chi connectivity index (χ0) is 21.6. The molecule has 0 saturated carbocycles. The fraction of sp³-hybridized carbons (Fsp3) is 0.409. The van der Waals surface area contributed by atoms with Gasteiger partial charge in [0.2, 0.25) is 10.0 Å². The second-order valence-electron chi connectivity index (χ2n) is 7.59. The Morgan fingerprint density at radius 2 is 1.63 bits per heavy atom. The van der Waals surface area contributed by atoms with Crippen LogP contribution in [0.2, 0.25) is 0 Å². The summed E-state index contributed by atoms with van der Waals surface area (Å²) in [7, 11) is -1.69. The molecule has 1 fully saturated rings. The van der Waals surface area contributed by atoms with Gasteiger partial charge in [0.25, 0.3) is 5.91 Å². The van der Waals surface area contributed by atoms with E-state index in [9.17, 15) is 13.2 Å². The van der Waals surface area contributed by atoms with E-state index in [1.165, 1.54) is 36.1 Å². The molecule has 1 aliphatic rings. The SMILES string of the molecule is CN(Cc1ccc(OCC(=O)NCc2ccc(N3CCCC3)cc2)cc1)S(C)(=O)=O. The number of rotatable bonds is 9. The highest BCUT2D eigenvalue weighted by atomic mass is 32.2. The van der Waals surface area contributed by atoms with Crippen molar-refractivity contribution in [2.75, 3.05) is 37.9 Å². The third-order valence-corrected chi connectivity index (χ3v) is 6.42. The van der Waals surface area contributed by atoms with Crippen molar-refractivity contribution >= 4 is 21.6 Å². The molecule has 1 saturated heterocycles. The van der Waals surface area contributed by atoms with E-state index >= 15 is 0 Å². The number of nitrogens with one attached hydrogen (secondary N) is 1. The largest absolute Gasteiger partial charge is 0.484 e. The molecule has 1 heterocycles. The minimum absolute atomic E-state index is 0.0750. The highest BCUT2D eigenvalue weighted by Crippen LogP contribution is 2.20. The fourth-order valence-electron chi connectivity index (χ4n) is 3.27. The Balaban J connectivity index is 1.41. The first-order valence-electron chi connectivity index (χ1n) is 10.0. The van der Waals surface area contributed by atoms with Crippen LogP contribution in [0.4, 0.5) is 5.69 Å². The van der Waals surface area contributed by atoms with Gasteiger partial charge in [-0.05, 0) is 48.2 Å². The summed E-state index contributed by atoms with van der Waals surface area (Å²) in [6.45, 7) is 2.90. The molecule has 0 aromatic heterocycles. The highest BCUT2D eigenvalue weighted by Gasteiger charge is 2.12. The van der Waals surface area contributed by atoms with Gasteiger partial charge in [0, 0.05) is 38.9 Å². The number of benzene rings is 2. The maximum absolute atomic E-state index is 12.1. The Hall–Kier alpha value is -2.58. The van der Waals surface area contributed by atoms with E-state index in [4.69, 9.17) is 4.74 Å². The summed E-state index contributed by atoms with van der Waals surface area (Å²) in [6, 6.07) is 15.3. The standard InChI is InChI=1S/C22H29N3O4S/c1-24(30(2,27)28)16-19-7-11-21(12-8-19)29-17-22(26)23-15-18-5-9-20(10-6-18)25-13-3-4-14-25/h5-12H,3-4,13-17H2,1-2H3,(H,23,26). The molecule has 2 aromatic carbocycles. The van der Waals surface area contributed by atoms with Gasteiger partial charge in [0.15, 0.2) is 6.61 Å². The van der Waals surface area contributed by atoms with Gasteiger partial charge < -0.3 is 15.0 Å². The Morgan fingerprint density at radius 3 is 2.23 bits per heavy atom. The lowest BCUT2D eigenvalue weighted by molar-refractivity contribution is -0.123. The first-order valence-corrected chi connectivity index (χ1v) is 11.9. The molecule has 0 atom stereocenters. The summed E-state index contributed by atoms with van der Waals surface area (Å²) >= 11 is 0. The Labute approximate surface area is 178 Å². The van der Waals surface area contributed by atoms with Crippen molar-refractivity contribution in [3.63, 3.8) is 0 Å². The molecule has 0 unspecified atom stereocenters. The Kier molecular flexibility index (Phi) is 7.33. The molecule has 0 spiro atoms. The van der Waals surface area contributed by atoms with Gasteiger partial charge in [-0.3, -0.25) is 4.79 Å². The summed E-state index contributed by atoms with van der Waals surface area (Å²) in [5, 5.41) is 2.86. The smallest absolute Gasteiger partial charge is 0.258 e. The molecular formula is C22H29N3O4S. The Bertz CT molecular complexity index is 937. The predicted molar refractivity (Wildman–Crippen MR) is 118 cm³/mol. The summed E-state index contributed by atoms with van der Waals surface area (Å²) < 4.78 is 29.7. The summed E-state index contributed by atoms with van der Waals surface area (Å²) in [6.07, 6.45) is 3.67. The Morgan fingerprint density at radius 1 is 1.03 bits per heavy atom. The van der Waals surface area contributed by atoms with Gasteiger partial charge in [-0.15, -0.1) is 0 Å². The lowest BCUT2D eigenvalue weighted by Gasteiger charge is -2.17. The summed E-state index contributed by atoms with van der Waals surface area (Å²) in [5.41, 5.74) is 3.12. The average Bonchev–Trinajstić information content (AvgIpc) is 3.26. The van der Waals surface area contributed by atoms with Gasteiger partial charge in [0.05, 0.1) is 6.26 Å². The number of hydrogen-bond acceptors (Lipinski definition) is 5. The van der Waals surface area contributed by atoms with E-state index in [0.717, 1.165) is 24.2 Å². The zero-order valence-electron chi connectivity index (χ0n) is 17.5. The van der Waals surface area contributed by atoms with Gasteiger partial charge in [-0.1, -0.05) is 24.3 Å². The van der Waals surface area contributed by atoms with Crippen LogP contribution in [-0.4, -0.2) is 51.6 Å². The van der Waals surface area contributed by atoms with Crippen molar-refractivity contribution < 1.29 is 17.9 Å². The highest BCUT2D eigenvalue weighted by molar-refractivity contribution is 7.88. The van der Waals surface area contributed by atoms with Crippen molar-refractivity contribution in [2.45, 2.75) is 25.9 Å². The molecule has 30 heavy (non-hydrogen) atoms. The molecule has 1 amide bonds. The van der Waals surface area contributed by atoms with Crippen LogP contribution in [0.1, 0.15) is 24.0 Å². The molecule has 0 aliphatic carbocycles. The van der Waals surface area contributed by atoms with E-state index in [1.54, 1.807) is 24.3 Å². The number of carbonyl (C=O) groups excluding carboxylic acids is 1. The molecule has 3 rings (SSSR count). The van der Waals surface area contributed by atoms with Crippen LogP contribution in [0.3, 0.4) is 0 Å². The normalized spacial score (nSPS) is 14.2. The number of hydrogen-bond donors (Lipinski definition) is 1. The van der Waals surface area contributed by atoms with Crippen molar-refractivity contribution in [3.05, 3.63) is 59.7 Å². The second-order valence-corrected chi connectivity index (χ2v) is 9.68. The van der Waals surface area contributed by atoms with Crippen LogP contribution in [-0.2, 0) is 27.9 Å². The topological polar surface area (TPSA) is 79.0 Å². The zero-order valence-corrected chi connectivity index (χ0v) is 18.3. The number of carbonyl (C=O) groups is 1. The second kappa shape index (κ2) is 9.95. The number of ether oxygens (including phenoxy) is 1. The molecule has 1 N–H and O–H groups in total. The van der Waals surface area contributed by atoms with Gasteiger partial charge in [-0.2, -0.15) is 0 Å². The van der Waals surface area contributed by atoms with Crippen LogP contribution in [0.5, 0.6) is 5.75 Å². The third kappa shape index (κ3) is 6.47.